The summed E-state index contributed by atoms with van der Waals surface area (Å²) in [7, 11) is -0.433. The Kier molecular flexibility index (Phi) is 8.86. The van der Waals surface area contributed by atoms with Crippen molar-refractivity contribution < 1.29 is 23.1 Å². The van der Waals surface area contributed by atoms with Crippen molar-refractivity contribution in [3.05, 3.63) is 29.8 Å². The fourth-order valence-corrected chi connectivity index (χ4v) is 7.16. The molecule has 0 bridgehead atoms. The quantitative estimate of drug-likeness (QED) is 0.491. The molecule has 4 rings (SSSR count). The molecular formula is C28H44N4O5S. The van der Waals surface area contributed by atoms with E-state index < -0.39 is 27.2 Å². The molecule has 1 spiro atoms. The normalized spacial score (nSPS) is 24.1. The summed E-state index contributed by atoms with van der Waals surface area (Å²) in [5.41, 5.74) is -0.721. The lowest BCUT2D eigenvalue weighted by atomic mass is 9.77. The lowest BCUT2D eigenvalue weighted by Gasteiger charge is -2.52. The molecule has 3 fully saturated rings. The topological polar surface area (TPSA) is 110 Å². The summed E-state index contributed by atoms with van der Waals surface area (Å²) in [6, 6.07) is 6.28. The number of sulfonamides is 1. The molecule has 2 aliphatic heterocycles. The zero-order valence-corrected chi connectivity index (χ0v) is 23.9. The average Bonchev–Trinajstić information content (AvgIpc) is 2.89. The molecule has 1 aromatic carbocycles. The number of amides is 2. The summed E-state index contributed by atoms with van der Waals surface area (Å²) in [5, 5.41) is 14.1. The summed E-state index contributed by atoms with van der Waals surface area (Å²) < 4.78 is 25.9. The number of piperidine rings is 1. The number of unbranched alkanes of at least 4 members (excludes halogenated alkanes) is 1. The van der Waals surface area contributed by atoms with Crippen molar-refractivity contribution in [1.82, 2.24) is 19.4 Å². The molecule has 0 aromatic heterocycles. The molecule has 212 valence electrons. The molecule has 1 saturated carbocycles. The summed E-state index contributed by atoms with van der Waals surface area (Å²) in [4.78, 5) is 31.7. The maximum absolute atomic E-state index is 13.7. The van der Waals surface area contributed by atoms with Gasteiger partial charge in [0, 0.05) is 46.7 Å². The minimum Gasteiger partial charge on any atom is -0.390 e. The average molecular weight is 549 g/mol. The number of benzene rings is 1. The molecule has 0 radical (unpaired) electrons. The second-order valence-corrected chi connectivity index (χ2v) is 13.7. The van der Waals surface area contributed by atoms with Crippen LogP contribution in [0.25, 0.3) is 0 Å². The molecule has 1 atom stereocenters. The number of likely N-dealkylation sites (tertiary alicyclic amines) is 1. The van der Waals surface area contributed by atoms with Crippen molar-refractivity contribution in [2.75, 3.05) is 33.7 Å². The van der Waals surface area contributed by atoms with Gasteiger partial charge in [0.1, 0.15) is 11.6 Å². The fraction of sp³-hybridized carbons (Fsp3) is 0.714. The van der Waals surface area contributed by atoms with Gasteiger partial charge in [0.15, 0.2) is 0 Å². The lowest BCUT2D eigenvalue weighted by molar-refractivity contribution is -0.163. The monoisotopic (exact) mass is 548 g/mol. The first-order chi connectivity index (χ1) is 18.0. The van der Waals surface area contributed by atoms with Crippen molar-refractivity contribution in [3.63, 3.8) is 0 Å². The summed E-state index contributed by atoms with van der Waals surface area (Å²) in [6.45, 7) is 4.62. The van der Waals surface area contributed by atoms with Gasteiger partial charge >= 0.3 is 0 Å². The van der Waals surface area contributed by atoms with Gasteiger partial charge in [-0.1, -0.05) is 44.7 Å². The van der Waals surface area contributed by atoms with Gasteiger partial charge < -0.3 is 15.3 Å². The van der Waals surface area contributed by atoms with E-state index in [1.165, 1.54) is 18.4 Å². The van der Waals surface area contributed by atoms with Crippen molar-refractivity contribution >= 4 is 21.8 Å². The van der Waals surface area contributed by atoms with E-state index in [4.69, 9.17) is 0 Å². The van der Waals surface area contributed by atoms with Crippen LogP contribution in [0.4, 0.5) is 0 Å². The number of aliphatic hydroxyl groups is 1. The zero-order valence-electron chi connectivity index (χ0n) is 23.1. The van der Waals surface area contributed by atoms with Crippen LogP contribution in [-0.4, -0.2) is 90.4 Å². The molecule has 38 heavy (non-hydrogen) atoms. The van der Waals surface area contributed by atoms with Gasteiger partial charge in [-0.05, 0) is 49.8 Å². The number of hydrogen-bond acceptors (Lipinski definition) is 6. The third kappa shape index (κ3) is 5.93. The van der Waals surface area contributed by atoms with Gasteiger partial charge in [0.05, 0.1) is 10.5 Å². The van der Waals surface area contributed by atoms with Crippen LogP contribution in [0, 0.1) is 0 Å². The van der Waals surface area contributed by atoms with E-state index in [1.807, 2.05) is 17.0 Å². The van der Waals surface area contributed by atoms with Gasteiger partial charge in [-0.3, -0.25) is 14.5 Å². The Morgan fingerprint density at radius 1 is 1.03 bits per heavy atom. The van der Waals surface area contributed by atoms with E-state index in [0.29, 0.717) is 58.3 Å². The maximum Gasteiger partial charge on any atom is 0.246 e. The van der Waals surface area contributed by atoms with Crippen molar-refractivity contribution in [2.24, 2.45) is 0 Å². The first-order valence-corrected chi connectivity index (χ1v) is 15.5. The van der Waals surface area contributed by atoms with E-state index in [9.17, 15) is 23.1 Å². The molecule has 0 unspecified atom stereocenters. The van der Waals surface area contributed by atoms with Crippen LogP contribution in [-0.2, 0) is 26.2 Å². The Hall–Kier alpha value is -2.01. The predicted octanol–water partition coefficient (Wildman–Crippen LogP) is 2.48. The highest BCUT2D eigenvalue weighted by Crippen LogP contribution is 2.37. The largest absolute Gasteiger partial charge is 0.390 e. The number of nitrogens with one attached hydrogen (secondary N) is 1. The van der Waals surface area contributed by atoms with Gasteiger partial charge in [0.25, 0.3) is 0 Å². The summed E-state index contributed by atoms with van der Waals surface area (Å²) in [5.74, 6) is -0.140. The SMILES string of the molecule is CCCCN1C(=O)[C@@H](CC2(O)CCCCC2)NC(=O)C12CCN(Cc1ccc(S(=O)(=O)N(C)C)cc1)CC2. The number of nitrogens with zero attached hydrogens (tertiary/aromatic N) is 3. The van der Waals surface area contributed by atoms with E-state index in [-0.39, 0.29) is 16.7 Å². The molecule has 2 heterocycles. The fourth-order valence-electron chi connectivity index (χ4n) is 6.26. The van der Waals surface area contributed by atoms with Crippen LogP contribution in [0.15, 0.2) is 29.2 Å². The molecule has 10 heteroatoms. The second kappa shape index (κ2) is 11.6. The highest BCUT2D eigenvalue weighted by Gasteiger charge is 2.54. The Labute approximate surface area is 227 Å². The van der Waals surface area contributed by atoms with Crippen molar-refractivity contribution in [3.8, 4) is 0 Å². The summed E-state index contributed by atoms with van der Waals surface area (Å²) >= 11 is 0. The Morgan fingerprint density at radius 2 is 1.66 bits per heavy atom. The first-order valence-electron chi connectivity index (χ1n) is 14.1. The maximum atomic E-state index is 13.7. The first kappa shape index (κ1) is 29.0. The molecule has 9 nitrogen and oxygen atoms in total. The molecular weight excluding hydrogens is 504 g/mol. The van der Waals surface area contributed by atoms with Crippen molar-refractivity contribution in [2.45, 2.75) is 99.8 Å². The van der Waals surface area contributed by atoms with Crippen LogP contribution in [0.2, 0.25) is 0 Å². The van der Waals surface area contributed by atoms with Gasteiger partial charge in [0.2, 0.25) is 21.8 Å². The van der Waals surface area contributed by atoms with Gasteiger partial charge in [-0.15, -0.1) is 0 Å². The van der Waals surface area contributed by atoms with Crippen LogP contribution in [0.3, 0.4) is 0 Å². The lowest BCUT2D eigenvalue weighted by Crippen LogP contribution is -2.73. The van der Waals surface area contributed by atoms with Crippen LogP contribution >= 0.6 is 0 Å². The highest BCUT2D eigenvalue weighted by atomic mass is 32.2. The van der Waals surface area contributed by atoms with Crippen LogP contribution in [0.5, 0.6) is 0 Å². The third-order valence-electron chi connectivity index (χ3n) is 8.70. The zero-order chi connectivity index (χ0) is 27.6. The number of carbonyl (C=O) groups excluding carboxylic acids is 2. The minimum absolute atomic E-state index is 0.0526. The standard InChI is InChI=1S/C28H44N4O5S/c1-4-5-17-32-25(33)24(20-27(35)13-7-6-8-14-27)29-26(34)28(32)15-18-31(19-16-28)21-22-9-11-23(12-10-22)38(36,37)30(2)3/h9-12,24,35H,4-8,13-21H2,1-3H3,(H,29,34)/t24-/m1/s1. The van der Waals surface area contributed by atoms with Gasteiger partial charge in [-0.2, -0.15) is 0 Å². The number of piperazine rings is 1. The van der Waals surface area contributed by atoms with Crippen LogP contribution < -0.4 is 5.32 Å². The number of hydrogen-bond donors (Lipinski definition) is 2. The van der Waals surface area contributed by atoms with Gasteiger partial charge in [-0.25, -0.2) is 12.7 Å². The minimum atomic E-state index is -3.47. The van der Waals surface area contributed by atoms with E-state index in [2.05, 4.69) is 17.1 Å². The van der Waals surface area contributed by atoms with E-state index in [1.54, 1.807) is 12.1 Å². The summed E-state index contributed by atoms with van der Waals surface area (Å²) in [6.07, 6.45) is 7.56. The van der Waals surface area contributed by atoms with Crippen LogP contribution in [0.1, 0.15) is 76.7 Å². The van der Waals surface area contributed by atoms with Crippen molar-refractivity contribution in [1.29, 1.82) is 0 Å². The Morgan fingerprint density at radius 3 is 2.24 bits per heavy atom. The molecule has 2 N–H and O–H groups in total. The molecule has 2 amide bonds. The Bertz CT molecular complexity index is 1090. The molecule has 1 aromatic rings. The van der Waals surface area contributed by atoms with E-state index >= 15 is 0 Å². The number of rotatable bonds is 9. The third-order valence-corrected chi connectivity index (χ3v) is 10.5. The molecule has 3 aliphatic rings. The molecule has 2 saturated heterocycles. The second-order valence-electron chi connectivity index (χ2n) is 11.6. The highest BCUT2D eigenvalue weighted by molar-refractivity contribution is 7.89. The number of carbonyl (C=O) groups is 2. The predicted molar refractivity (Wildman–Crippen MR) is 146 cm³/mol. The smallest absolute Gasteiger partial charge is 0.246 e. The van der Waals surface area contributed by atoms with E-state index in [0.717, 1.165) is 37.7 Å². The Balaban J connectivity index is 1.43. The molecule has 1 aliphatic carbocycles.